The molecule has 0 heterocycles. The van der Waals surface area contributed by atoms with Crippen molar-refractivity contribution in [1.29, 1.82) is 0 Å². The number of esters is 1. The van der Waals surface area contributed by atoms with Crippen molar-refractivity contribution >= 4 is 30.1 Å². The Morgan fingerprint density at radius 2 is 1.83 bits per heavy atom. The predicted octanol–water partition coefficient (Wildman–Crippen LogP) is 4.40. The van der Waals surface area contributed by atoms with Crippen molar-refractivity contribution in [3.63, 3.8) is 0 Å². The van der Waals surface area contributed by atoms with Gasteiger partial charge < -0.3 is 9.64 Å². The molecule has 5 heteroatoms. The van der Waals surface area contributed by atoms with E-state index in [9.17, 15) is 4.79 Å². The first kappa shape index (κ1) is 20.3. The van der Waals surface area contributed by atoms with Crippen LogP contribution in [-0.2, 0) is 9.53 Å². The first-order chi connectivity index (χ1) is 10.6. The molecule has 23 heavy (non-hydrogen) atoms. The summed E-state index contributed by atoms with van der Waals surface area (Å²) >= 11 is 1.70. The van der Waals surface area contributed by atoms with E-state index in [1.807, 2.05) is 32.3 Å². The minimum atomic E-state index is -0.377. The minimum Gasteiger partial charge on any atom is -0.465 e. The number of hydrogen-bond donors (Lipinski definition) is 0. The van der Waals surface area contributed by atoms with Crippen LogP contribution in [0.1, 0.15) is 38.5 Å². The lowest BCUT2D eigenvalue weighted by atomic mass is 9.88. The van der Waals surface area contributed by atoms with Gasteiger partial charge in [0, 0.05) is 11.4 Å². The van der Waals surface area contributed by atoms with Crippen LogP contribution in [0.4, 0.5) is 0 Å². The number of hydrogen-bond acceptors (Lipinski definition) is 4. The molecule has 0 aliphatic heterocycles. The van der Waals surface area contributed by atoms with Gasteiger partial charge in [0.1, 0.15) is 4.75 Å². The van der Waals surface area contributed by atoms with Crippen molar-refractivity contribution in [2.45, 2.75) is 48.2 Å². The van der Waals surface area contributed by atoms with E-state index in [0.717, 1.165) is 43.5 Å². The van der Waals surface area contributed by atoms with Gasteiger partial charge in [0.15, 0.2) is 0 Å². The second-order valence-electron chi connectivity index (χ2n) is 6.26. The maximum atomic E-state index is 12.7. The number of ether oxygens (including phenoxy) is 1. The second-order valence-corrected chi connectivity index (χ2v) is 7.72. The van der Waals surface area contributed by atoms with E-state index in [1.54, 1.807) is 11.8 Å². The van der Waals surface area contributed by atoms with Crippen LogP contribution in [0, 0.1) is 0 Å². The number of nitrogens with zero attached hydrogens (tertiary/aromatic N) is 1. The van der Waals surface area contributed by atoms with Crippen LogP contribution in [0.25, 0.3) is 0 Å². The predicted molar refractivity (Wildman–Crippen MR) is 99.5 cm³/mol. The van der Waals surface area contributed by atoms with Crippen molar-refractivity contribution in [2.24, 2.45) is 0 Å². The summed E-state index contributed by atoms with van der Waals surface area (Å²) in [5, 5.41) is 0. The fourth-order valence-corrected chi connectivity index (χ4v) is 4.24. The average Bonchev–Trinajstić information content (AvgIpc) is 2.53. The van der Waals surface area contributed by atoms with Crippen molar-refractivity contribution in [3.05, 3.63) is 30.3 Å². The van der Waals surface area contributed by atoms with Gasteiger partial charge in [0.2, 0.25) is 0 Å². The molecule has 0 amide bonds. The van der Waals surface area contributed by atoms with Gasteiger partial charge in [-0.2, -0.15) is 0 Å². The molecule has 1 fully saturated rings. The molecule has 0 saturated heterocycles. The smallest absolute Gasteiger partial charge is 0.322 e. The van der Waals surface area contributed by atoms with E-state index in [0.29, 0.717) is 6.61 Å². The van der Waals surface area contributed by atoms with Gasteiger partial charge in [-0.3, -0.25) is 4.79 Å². The molecule has 1 saturated carbocycles. The van der Waals surface area contributed by atoms with E-state index < -0.39 is 0 Å². The molecule has 130 valence electrons. The fraction of sp³-hybridized carbons (Fsp3) is 0.611. The monoisotopic (exact) mass is 357 g/mol. The summed E-state index contributed by atoms with van der Waals surface area (Å²) < 4.78 is 5.24. The number of thioether (sulfide) groups is 1. The van der Waals surface area contributed by atoms with Gasteiger partial charge in [-0.1, -0.05) is 37.5 Å². The maximum Gasteiger partial charge on any atom is 0.322 e. The quantitative estimate of drug-likeness (QED) is 0.534. The second kappa shape index (κ2) is 10.2. The average molecular weight is 358 g/mol. The van der Waals surface area contributed by atoms with Crippen LogP contribution in [0.3, 0.4) is 0 Å². The highest BCUT2D eigenvalue weighted by molar-refractivity contribution is 8.01. The molecular weight excluding hydrogens is 330 g/mol. The number of halogens is 1. The highest BCUT2D eigenvalue weighted by Crippen LogP contribution is 2.44. The Hall–Kier alpha value is -0.710. The lowest BCUT2D eigenvalue weighted by Gasteiger charge is -2.34. The van der Waals surface area contributed by atoms with Crippen LogP contribution in [-0.4, -0.2) is 42.9 Å². The molecule has 1 aromatic carbocycles. The van der Waals surface area contributed by atoms with E-state index >= 15 is 0 Å². The topological polar surface area (TPSA) is 29.5 Å². The molecule has 1 aliphatic rings. The van der Waals surface area contributed by atoms with Gasteiger partial charge in [-0.05, 0) is 45.5 Å². The van der Waals surface area contributed by atoms with Crippen LogP contribution in [0.2, 0.25) is 0 Å². The number of carbonyl (C=O) groups excluding carboxylic acids is 1. The number of rotatable bonds is 7. The first-order valence-corrected chi connectivity index (χ1v) is 9.00. The van der Waals surface area contributed by atoms with Gasteiger partial charge >= 0.3 is 5.97 Å². The summed E-state index contributed by atoms with van der Waals surface area (Å²) in [5.74, 6) is -0.0141. The SMILES string of the molecule is CN(C)CCCOC(=O)C1(Sc2ccccc2)CCCCC1.Cl. The van der Waals surface area contributed by atoms with Crippen molar-refractivity contribution in [1.82, 2.24) is 4.90 Å². The first-order valence-electron chi connectivity index (χ1n) is 8.18. The summed E-state index contributed by atoms with van der Waals surface area (Å²) in [6.45, 7) is 1.47. The van der Waals surface area contributed by atoms with Gasteiger partial charge in [0.25, 0.3) is 0 Å². The summed E-state index contributed by atoms with van der Waals surface area (Å²) in [6, 6.07) is 10.2. The van der Waals surface area contributed by atoms with Crippen molar-refractivity contribution in [2.75, 3.05) is 27.2 Å². The summed E-state index contributed by atoms with van der Waals surface area (Å²) in [4.78, 5) is 16.0. The molecule has 0 unspecified atom stereocenters. The third-order valence-corrected chi connectivity index (χ3v) is 5.55. The third kappa shape index (κ3) is 6.36. The van der Waals surface area contributed by atoms with E-state index in [1.165, 1.54) is 6.42 Å². The molecule has 0 radical (unpaired) electrons. The Bertz CT molecular complexity index is 461. The largest absolute Gasteiger partial charge is 0.465 e. The zero-order valence-corrected chi connectivity index (χ0v) is 15.8. The van der Waals surface area contributed by atoms with Crippen LogP contribution in [0.15, 0.2) is 35.2 Å². The Morgan fingerprint density at radius 1 is 1.17 bits per heavy atom. The third-order valence-electron chi connectivity index (χ3n) is 4.07. The van der Waals surface area contributed by atoms with E-state index in [2.05, 4.69) is 17.0 Å². The van der Waals surface area contributed by atoms with Crippen LogP contribution in [0.5, 0.6) is 0 Å². The minimum absolute atomic E-state index is 0. The Balaban J connectivity index is 0.00000264. The molecule has 3 nitrogen and oxygen atoms in total. The van der Waals surface area contributed by atoms with Crippen molar-refractivity contribution < 1.29 is 9.53 Å². The number of carbonyl (C=O) groups is 1. The molecular formula is C18H28ClNO2S. The molecule has 0 spiro atoms. The molecule has 0 bridgehead atoms. The highest BCUT2D eigenvalue weighted by atomic mass is 35.5. The summed E-state index contributed by atoms with van der Waals surface area (Å²) in [5.41, 5.74) is 0. The molecule has 0 atom stereocenters. The van der Waals surface area contributed by atoms with Gasteiger partial charge in [0.05, 0.1) is 6.61 Å². The molecule has 0 N–H and O–H groups in total. The Labute approximate surface area is 150 Å². The summed E-state index contributed by atoms with van der Waals surface area (Å²) in [6.07, 6.45) is 6.22. The summed E-state index contributed by atoms with van der Waals surface area (Å²) in [7, 11) is 4.07. The molecule has 2 rings (SSSR count). The molecule has 0 aromatic heterocycles. The zero-order chi connectivity index (χ0) is 15.8. The standard InChI is InChI=1S/C18H27NO2S.ClH/c1-19(2)14-9-15-21-17(20)18(12-7-4-8-13-18)22-16-10-5-3-6-11-16;/h3,5-6,10-11H,4,7-9,12-15H2,1-2H3;1H. The Morgan fingerprint density at radius 3 is 2.43 bits per heavy atom. The van der Waals surface area contributed by atoms with Crippen LogP contribution >= 0.6 is 24.2 Å². The highest BCUT2D eigenvalue weighted by Gasteiger charge is 2.42. The Kier molecular flexibility index (Phi) is 9.03. The zero-order valence-electron chi connectivity index (χ0n) is 14.1. The number of benzene rings is 1. The lowest BCUT2D eigenvalue weighted by molar-refractivity contribution is -0.147. The van der Waals surface area contributed by atoms with Crippen LogP contribution < -0.4 is 0 Å². The van der Waals surface area contributed by atoms with Crippen molar-refractivity contribution in [3.8, 4) is 0 Å². The van der Waals surface area contributed by atoms with Gasteiger partial charge in [-0.15, -0.1) is 24.2 Å². The van der Waals surface area contributed by atoms with Gasteiger partial charge in [-0.25, -0.2) is 0 Å². The van der Waals surface area contributed by atoms with E-state index in [4.69, 9.17) is 4.74 Å². The van der Waals surface area contributed by atoms with E-state index in [-0.39, 0.29) is 23.1 Å². The maximum absolute atomic E-state index is 12.7. The normalized spacial score (nSPS) is 16.7. The fourth-order valence-electron chi connectivity index (χ4n) is 2.86. The molecule has 1 aromatic rings. The molecule has 1 aliphatic carbocycles. The lowest BCUT2D eigenvalue weighted by Crippen LogP contribution is -2.39.